The highest BCUT2D eigenvalue weighted by Gasteiger charge is 2.09. The normalized spacial score (nSPS) is 17.5. The first-order valence-corrected chi connectivity index (χ1v) is 8.67. The van der Waals surface area contributed by atoms with Crippen LogP contribution in [0.2, 0.25) is 0 Å². The second-order valence-electron chi connectivity index (χ2n) is 5.11. The predicted molar refractivity (Wildman–Crippen MR) is 77.2 cm³/mol. The van der Waals surface area contributed by atoms with Gasteiger partial charge in [0.2, 0.25) is 0 Å². The fourth-order valence-electron chi connectivity index (χ4n) is 2.34. The SMILES string of the molecule is CS(=O)(=O)c1ccc(CCCN2CCNCC2)cc1. The van der Waals surface area contributed by atoms with E-state index in [0.29, 0.717) is 4.90 Å². The van der Waals surface area contributed by atoms with E-state index in [1.807, 2.05) is 12.1 Å². The zero-order valence-corrected chi connectivity index (χ0v) is 12.2. The lowest BCUT2D eigenvalue weighted by molar-refractivity contribution is 0.238. The molecule has 2 rings (SSSR count). The van der Waals surface area contributed by atoms with Crippen LogP contribution in [0, 0.1) is 0 Å². The fourth-order valence-corrected chi connectivity index (χ4v) is 2.98. The van der Waals surface area contributed by atoms with Crippen LogP contribution in [0.4, 0.5) is 0 Å². The molecular formula is C14H22N2O2S. The first kappa shape index (κ1) is 14.5. The number of sulfone groups is 1. The van der Waals surface area contributed by atoms with Crippen molar-refractivity contribution in [2.75, 3.05) is 39.0 Å². The van der Waals surface area contributed by atoms with Crippen LogP contribution in [-0.4, -0.2) is 52.3 Å². The Bertz CT molecular complexity index is 491. The molecule has 0 bridgehead atoms. The van der Waals surface area contributed by atoms with Gasteiger partial charge in [-0.15, -0.1) is 0 Å². The molecule has 1 N–H and O–H groups in total. The van der Waals surface area contributed by atoms with Crippen LogP contribution in [0.1, 0.15) is 12.0 Å². The van der Waals surface area contributed by atoms with Gasteiger partial charge < -0.3 is 10.2 Å². The van der Waals surface area contributed by atoms with E-state index in [2.05, 4.69) is 10.2 Å². The molecule has 1 heterocycles. The lowest BCUT2D eigenvalue weighted by Gasteiger charge is -2.27. The van der Waals surface area contributed by atoms with Gasteiger partial charge in [0.15, 0.2) is 9.84 Å². The van der Waals surface area contributed by atoms with E-state index in [0.717, 1.165) is 45.6 Å². The summed E-state index contributed by atoms with van der Waals surface area (Å²) in [5.74, 6) is 0. The van der Waals surface area contributed by atoms with Gasteiger partial charge in [0.05, 0.1) is 4.90 Å². The minimum Gasteiger partial charge on any atom is -0.314 e. The van der Waals surface area contributed by atoms with Crippen molar-refractivity contribution >= 4 is 9.84 Å². The molecule has 5 heteroatoms. The van der Waals surface area contributed by atoms with Crippen molar-refractivity contribution in [3.8, 4) is 0 Å². The average Bonchev–Trinajstić information content (AvgIpc) is 2.39. The Hall–Kier alpha value is -0.910. The summed E-state index contributed by atoms with van der Waals surface area (Å²) in [6.07, 6.45) is 3.37. The molecule has 1 aliphatic heterocycles. The summed E-state index contributed by atoms with van der Waals surface area (Å²) in [5, 5.41) is 3.34. The maximum absolute atomic E-state index is 11.4. The summed E-state index contributed by atoms with van der Waals surface area (Å²) in [6.45, 7) is 5.56. The molecule has 0 aliphatic carbocycles. The number of hydrogen-bond acceptors (Lipinski definition) is 4. The van der Waals surface area contributed by atoms with Crippen LogP contribution < -0.4 is 5.32 Å². The molecule has 0 saturated carbocycles. The van der Waals surface area contributed by atoms with E-state index in [1.54, 1.807) is 12.1 Å². The number of aryl methyl sites for hydroxylation is 1. The van der Waals surface area contributed by atoms with E-state index in [4.69, 9.17) is 0 Å². The summed E-state index contributed by atoms with van der Waals surface area (Å²) in [7, 11) is -3.07. The van der Waals surface area contributed by atoms with Crippen molar-refractivity contribution < 1.29 is 8.42 Å². The highest BCUT2D eigenvalue weighted by molar-refractivity contribution is 7.90. The maximum atomic E-state index is 11.4. The second kappa shape index (κ2) is 6.50. The van der Waals surface area contributed by atoms with Crippen LogP contribution in [0.25, 0.3) is 0 Å². The fraction of sp³-hybridized carbons (Fsp3) is 0.571. The number of nitrogens with zero attached hydrogens (tertiary/aromatic N) is 1. The third-order valence-corrected chi connectivity index (χ3v) is 4.63. The van der Waals surface area contributed by atoms with Crippen molar-refractivity contribution in [1.29, 1.82) is 0 Å². The molecule has 0 unspecified atom stereocenters. The number of nitrogens with one attached hydrogen (secondary N) is 1. The van der Waals surface area contributed by atoms with Gasteiger partial charge in [-0.2, -0.15) is 0 Å². The summed E-state index contributed by atoms with van der Waals surface area (Å²) < 4.78 is 22.7. The standard InChI is InChI=1S/C14H22N2O2S/c1-19(17,18)14-6-4-13(5-7-14)3-2-10-16-11-8-15-9-12-16/h4-7,15H,2-3,8-12H2,1H3. The molecule has 1 saturated heterocycles. The molecule has 0 aromatic heterocycles. The van der Waals surface area contributed by atoms with E-state index in [1.165, 1.54) is 11.8 Å². The highest BCUT2D eigenvalue weighted by Crippen LogP contribution is 2.12. The lowest BCUT2D eigenvalue weighted by atomic mass is 10.1. The first-order chi connectivity index (χ1) is 9.05. The summed E-state index contributed by atoms with van der Waals surface area (Å²) in [5.41, 5.74) is 1.21. The summed E-state index contributed by atoms with van der Waals surface area (Å²) in [6, 6.07) is 7.26. The Morgan fingerprint density at radius 2 is 1.79 bits per heavy atom. The monoisotopic (exact) mass is 282 g/mol. The van der Waals surface area contributed by atoms with E-state index in [-0.39, 0.29) is 0 Å². The number of hydrogen-bond donors (Lipinski definition) is 1. The van der Waals surface area contributed by atoms with Crippen LogP contribution in [0.3, 0.4) is 0 Å². The zero-order valence-electron chi connectivity index (χ0n) is 11.4. The Kier molecular flexibility index (Phi) is 4.96. The number of piperazine rings is 1. The third kappa shape index (κ3) is 4.60. The average molecular weight is 282 g/mol. The van der Waals surface area contributed by atoms with Gasteiger partial charge in [-0.1, -0.05) is 12.1 Å². The summed E-state index contributed by atoms with van der Waals surface area (Å²) >= 11 is 0. The van der Waals surface area contributed by atoms with E-state index >= 15 is 0 Å². The zero-order chi connectivity index (χ0) is 13.7. The molecule has 19 heavy (non-hydrogen) atoms. The molecule has 0 spiro atoms. The highest BCUT2D eigenvalue weighted by atomic mass is 32.2. The molecule has 4 nitrogen and oxygen atoms in total. The van der Waals surface area contributed by atoms with Crippen LogP contribution in [-0.2, 0) is 16.3 Å². The first-order valence-electron chi connectivity index (χ1n) is 6.78. The molecule has 0 radical (unpaired) electrons. The Labute approximate surface area is 115 Å². The topological polar surface area (TPSA) is 49.4 Å². The van der Waals surface area contributed by atoms with Crippen molar-refractivity contribution in [3.63, 3.8) is 0 Å². The van der Waals surface area contributed by atoms with Gasteiger partial charge in [-0.25, -0.2) is 8.42 Å². The largest absolute Gasteiger partial charge is 0.314 e. The van der Waals surface area contributed by atoms with E-state index < -0.39 is 9.84 Å². The molecule has 1 aromatic rings. The molecule has 1 fully saturated rings. The maximum Gasteiger partial charge on any atom is 0.175 e. The van der Waals surface area contributed by atoms with Crippen molar-refractivity contribution in [1.82, 2.24) is 10.2 Å². The summed E-state index contributed by atoms with van der Waals surface area (Å²) in [4.78, 5) is 2.87. The smallest absolute Gasteiger partial charge is 0.175 e. The van der Waals surface area contributed by atoms with Gasteiger partial charge in [0.1, 0.15) is 0 Å². The van der Waals surface area contributed by atoms with Crippen LogP contribution in [0.15, 0.2) is 29.2 Å². The minimum atomic E-state index is -3.07. The van der Waals surface area contributed by atoms with Gasteiger partial charge in [0, 0.05) is 32.4 Å². The number of rotatable bonds is 5. The Balaban J connectivity index is 1.80. The molecule has 0 amide bonds. The van der Waals surface area contributed by atoms with Gasteiger partial charge in [-0.3, -0.25) is 0 Å². The van der Waals surface area contributed by atoms with Gasteiger partial charge >= 0.3 is 0 Å². The molecular weight excluding hydrogens is 260 g/mol. The van der Waals surface area contributed by atoms with Crippen molar-refractivity contribution in [2.24, 2.45) is 0 Å². The molecule has 0 atom stereocenters. The van der Waals surface area contributed by atoms with Gasteiger partial charge in [0.25, 0.3) is 0 Å². The van der Waals surface area contributed by atoms with Crippen molar-refractivity contribution in [2.45, 2.75) is 17.7 Å². The molecule has 1 aromatic carbocycles. The van der Waals surface area contributed by atoms with E-state index in [9.17, 15) is 8.42 Å². The minimum absolute atomic E-state index is 0.401. The third-order valence-electron chi connectivity index (χ3n) is 3.50. The quantitative estimate of drug-likeness (QED) is 0.873. The number of benzene rings is 1. The Morgan fingerprint density at radius 3 is 2.37 bits per heavy atom. The van der Waals surface area contributed by atoms with Crippen molar-refractivity contribution in [3.05, 3.63) is 29.8 Å². The lowest BCUT2D eigenvalue weighted by Crippen LogP contribution is -2.43. The van der Waals surface area contributed by atoms with Crippen LogP contribution >= 0.6 is 0 Å². The van der Waals surface area contributed by atoms with Crippen LogP contribution in [0.5, 0.6) is 0 Å². The predicted octanol–water partition coefficient (Wildman–Crippen LogP) is 0.928. The second-order valence-corrected chi connectivity index (χ2v) is 7.13. The Morgan fingerprint density at radius 1 is 1.16 bits per heavy atom. The van der Waals surface area contributed by atoms with Gasteiger partial charge in [-0.05, 0) is 37.1 Å². The molecule has 106 valence electrons. The molecule has 1 aliphatic rings.